The van der Waals surface area contributed by atoms with Gasteiger partial charge in [0.25, 0.3) is 5.91 Å². The summed E-state index contributed by atoms with van der Waals surface area (Å²) in [6.45, 7) is 5.81. The minimum Gasteiger partial charge on any atom is -0.465 e. The third-order valence-corrected chi connectivity index (χ3v) is 6.10. The van der Waals surface area contributed by atoms with Crippen LogP contribution in [0.2, 0.25) is 0 Å². The maximum atomic E-state index is 12.7. The number of fused-ring (bicyclic) bond motifs is 1. The molecule has 1 saturated heterocycles. The lowest BCUT2D eigenvalue weighted by atomic mass is 9.96. The summed E-state index contributed by atoms with van der Waals surface area (Å²) >= 11 is 1.66. The van der Waals surface area contributed by atoms with Crippen molar-refractivity contribution in [1.82, 2.24) is 14.8 Å². The Kier molecular flexibility index (Phi) is 4.87. The number of nitrogens with one attached hydrogen (secondary N) is 1. The minimum atomic E-state index is 0.0851. The highest BCUT2D eigenvalue weighted by molar-refractivity contribution is 7.17. The molecule has 0 saturated carbocycles. The van der Waals surface area contributed by atoms with Crippen LogP contribution in [0, 0.1) is 12.8 Å². The molecule has 4 rings (SSSR count). The fraction of sp³-hybridized carbons (Fsp3) is 0.450. The quantitative estimate of drug-likeness (QED) is 0.734. The molecule has 0 radical (unpaired) electrons. The Labute approximate surface area is 157 Å². The van der Waals surface area contributed by atoms with Crippen LogP contribution in [0.25, 0.3) is 10.2 Å². The number of furan rings is 1. The van der Waals surface area contributed by atoms with Crippen LogP contribution in [-0.2, 0) is 6.54 Å². The van der Waals surface area contributed by atoms with Crippen molar-refractivity contribution in [3.8, 4) is 0 Å². The zero-order chi connectivity index (χ0) is 18.1. The first-order valence-corrected chi connectivity index (χ1v) is 10.1. The third kappa shape index (κ3) is 3.71. The van der Waals surface area contributed by atoms with Gasteiger partial charge in [0.1, 0.15) is 17.2 Å². The summed E-state index contributed by atoms with van der Waals surface area (Å²) in [6, 6.07) is 8.07. The van der Waals surface area contributed by atoms with Crippen LogP contribution in [0.4, 0.5) is 0 Å². The highest BCUT2D eigenvalue weighted by atomic mass is 32.1. The molecule has 5 nitrogen and oxygen atoms in total. The Morgan fingerprint density at radius 1 is 1.35 bits per heavy atom. The summed E-state index contributed by atoms with van der Waals surface area (Å²) in [4.78, 5) is 20.2. The Morgan fingerprint density at radius 3 is 2.85 bits per heavy atom. The summed E-state index contributed by atoms with van der Waals surface area (Å²) in [7, 11) is 1.91. The first-order valence-electron chi connectivity index (χ1n) is 9.18. The number of piperidine rings is 1. The maximum Gasteiger partial charge on any atom is 0.270 e. The summed E-state index contributed by atoms with van der Waals surface area (Å²) < 4.78 is 6.82. The lowest BCUT2D eigenvalue weighted by Gasteiger charge is -2.33. The van der Waals surface area contributed by atoms with Crippen LogP contribution in [0.3, 0.4) is 0 Å². The fourth-order valence-corrected chi connectivity index (χ4v) is 4.54. The van der Waals surface area contributed by atoms with Gasteiger partial charge in [-0.2, -0.15) is 0 Å². The molecule has 0 aliphatic carbocycles. The van der Waals surface area contributed by atoms with E-state index in [1.165, 1.54) is 0 Å². The number of likely N-dealkylation sites (tertiary alicyclic amines) is 1. The van der Waals surface area contributed by atoms with E-state index in [0.29, 0.717) is 11.6 Å². The van der Waals surface area contributed by atoms with Gasteiger partial charge in [-0.05, 0) is 68.4 Å². The zero-order valence-corrected chi connectivity index (χ0v) is 16.1. The number of aryl methyl sites for hydroxylation is 1. The van der Waals surface area contributed by atoms with Gasteiger partial charge in [-0.3, -0.25) is 9.69 Å². The third-order valence-electron chi connectivity index (χ3n) is 5.23. The zero-order valence-electron chi connectivity index (χ0n) is 15.3. The molecule has 3 aromatic heterocycles. The van der Waals surface area contributed by atoms with E-state index >= 15 is 0 Å². The molecule has 3 aromatic rings. The number of H-pyrrole nitrogens is 1. The van der Waals surface area contributed by atoms with E-state index in [1.54, 1.807) is 11.3 Å². The Hall–Kier alpha value is -2.05. The average Bonchev–Trinajstić information content (AvgIpc) is 3.32. The van der Waals surface area contributed by atoms with Crippen molar-refractivity contribution in [3.05, 3.63) is 46.9 Å². The van der Waals surface area contributed by atoms with Gasteiger partial charge in [0.2, 0.25) is 0 Å². The average molecular weight is 372 g/mol. The van der Waals surface area contributed by atoms with Crippen molar-refractivity contribution in [3.63, 3.8) is 0 Å². The largest absolute Gasteiger partial charge is 0.465 e. The van der Waals surface area contributed by atoms with Gasteiger partial charge in [-0.1, -0.05) is 0 Å². The monoisotopic (exact) mass is 371 g/mol. The molecule has 0 atom stereocenters. The number of rotatable bonds is 5. The molecule has 6 heteroatoms. The SMILES string of the molecule is Cc1ccc(CN2CCC(CN(C)C(=O)c3cc4sccc4[nH]3)CC2)o1. The van der Waals surface area contributed by atoms with Gasteiger partial charge >= 0.3 is 0 Å². The highest BCUT2D eigenvalue weighted by Crippen LogP contribution is 2.24. The molecule has 1 aliphatic rings. The minimum absolute atomic E-state index is 0.0851. The van der Waals surface area contributed by atoms with Crippen LogP contribution in [-0.4, -0.2) is 47.4 Å². The number of carbonyl (C=O) groups excluding carboxylic acids is 1. The summed E-state index contributed by atoms with van der Waals surface area (Å²) in [5.41, 5.74) is 1.74. The van der Waals surface area contributed by atoms with Gasteiger partial charge in [-0.15, -0.1) is 11.3 Å². The van der Waals surface area contributed by atoms with Crippen LogP contribution < -0.4 is 0 Å². The van der Waals surface area contributed by atoms with E-state index in [1.807, 2.05) is 42.5 Å². The fourth-order valence-electron chi connectivity index (χ4n) is 3.76. The lowest BCUT2D eigenvalue weighted by molar-refractivity contribution is 0.0730. The van der Waals surface area contributed by atoms with Gasteiger partial charge in [0, 0.05) is 13.6 Å². The second-order valence-electron chi connectivity index (χ2n) is 7.30. The van der Waals surface area contributed by atoms with Gasteiger partial charge in [-0.25, -0.2) is 0 Å². The van der Waals surface area contributed by atoms with Crippen molar-refractivity contribution in [2.45, 2.75) is 26.3 Å². The number of aromatic amines is 1. The lowest BCUT2D eigenvalue weighted by Crippen LogP contribution is -2.39. The molecular formula is C20H25N3O2S. The normalized spacial score (nSPS) is 16.4. The molecule has 138 valence electrons. The number of amides is 1. The van der Waals surface area contributed by atoms with Gasteiger partial charge in [0.15, 0.2) is 0 Å². The molecule has 0 spiro atoms. The highest BCUT2D eigenvalue weighted by Gasteiger charge is 2.23. The summed E-state index contributed by atoms with van der Waals surface area (Å²) in [5.74, 6) is 2.66. The van der Waals surface area contributed by atoms with Crippen LogP contribution in [0.5, 0.6) is 0 Å². The van der Waals surface area contributed by atoms with Crippen molar-refractivity contribution < 1.29 is 9.21 Å². The Morgan fingerprint density at radius 2 is 2.15 bits per heavy atom. The molecule has 0 unspecified atom stereocenters. The molecule has 26 heavy (non-hydrogen) atoms. The molecule has 0 aromatic carbocycles. The second kappa shape index (κ2) is 7.29. The van der Waals surface area contributed by atoms with Crippen molar-refractivity contribution in [2.75, 3.05) is 26.7 Å². The van der Waals surface area contributed by atoms with E-state index in [2.05, 4.69) is 16.0 Å². The molecule has 1 aliphatic heterocycles. The molecule has 4 heterocycles. The molecule has 1 amide bonds. The number of hydrogen-bond donors (Lipinski definition) is 1. The molecule has 1 fully saturated rings. The molecular weight excluding hydrogens is 346 g/mol. The van der Waals surface area contributed by atoms with E-state index in [9.17, 15) is 4.79 Å². The molecule has 1 N–H and O–H groups in total. The number of carbonyl (C=O) groups is 1. The standard InChI is InChI=1S/C20H25N3O2S/c1-14-3-4-16(25-14)13-23-8-5-15(6-9-23)12-22(2)20(24)18-11-19-17(21-18)7-10-26-19/h3-4,7,10-11,15,21H,5-6,8-9,12-13H2,1-2H3. The van der Waals surface area contributed by atoms with Crippen molar-refractivity contribution in [1.29, 1.82) is 0 Å². The van der Waals surface area contributed by atoms with Gasteiger partial charge in [0.05, 0.1) is 16.8 Å². The number of thiophene rings is 1. The first kappa shape index (κ1) is 17.4. The smallest absolute Gasteiger partial charge is 0.270 e. The number of hydrogen-bond acceptors (Lipinski definition) is 4. The topological polar surface area (TPSA) is 52.5 Å². The maximum absolute atomic E-state index is 12.7. The summed E-state index contributed by atoms with van der Waals surface area (Å²) in [6.07, 6.45) is 2.24. The van der Waals surface area contributed by atoms with E-state index in [4.69, 9.17) is 4.42 Å². The first-order chi connectivity index (χ1) is 12.6. The Bertz CT molecular complexity index is 857. The van der Waals surface area contributed by atoms with Crippen LogP contribution >= 0.6 is 11.3 Å². The van der Waals surface area contributed by atoms with E-state index in [-0.39, 0.29) is 5.91 Å². The Balaban J connectivity index is 1.28. The van der Waals surface area contributed by atoms with Crippen molar-refractivity contribution >= 4 is 27.5 Å². The number of nitrogens with zero attached hydrogens (tertiary/aromatic N) is 2. The van der Waals surface area contributed by atoms with E-state index in [0.717, 1.165) is 60.8 Å². The van der Waals surface area contributed by atoms with E-state index < -0.39 is 0 Å². The second-order valence-corrected chi connectivity index (χ2v) is 8.25. The van der Waals surface area contributed by atoms with Crippen molar-refractivity contribution in [2.24, 2.45) is 5.92 Å². The van der Waals surface area contributed by atoms with Crippen LogP contribution in [0.15, 0.2) is 34.1 Å². The van der Waals surface area contributed by atoms with Crippen LogP contribution in [0.1, 0.15) is 34.9 Å². The number of aromatic nitrogens is 1. The predicted octanol–water partition coefficient (Wildman–Crippen LogP) is 4.12. The van der Waals surface area contributed by atoms with Gasteiger partial charge < -0.3 is 14.3 Å². The predicted molar refractivity (Wildman–Crippen MR) is 105 cm³/mol. The summed E-state index contributed by atoms with van der Waals surface area (Å²) in [5, 5.41) is 2.04. The molecule has 0 bridgehead atoms.